The number of ether oxygens (including phenoxy) is 1. The van der Waals surface area contributed by atoms with Crippen LogP contribution in [0.4, 0.5) is 5.69 Å². The van der Waals surface area contributed by atoms with Crippen LogP contribution in [-0.4, -0.2) is 54.4 Å². The number of nitrogens with zero attached hydrogens (tertiary/aromatic N) is 2. The number of hydrogen-bond acceptors (Lipinski definition) is 5. The van der Waals surface area contributed by atoms with Crippen LogP contribution in [0, 0.1) is 0 Å². The summed E-state index contributed by atoms with van der Waals surface area (Å²) in [6, 6.07) is -0.134. The van der Waals surface area contributed by atoms with Gasteiger partial charge in [0.15, 0.2) is 0 Å². The van der Waals surface area contributed by atoms with E-state index in [0.717, 1.165) is 19.4 Å². The predicted molar refractivity (Wildman–Crippen MR) is 76.8 cm³/mol. The van der Waals surface area contributed by atoms with Crippen LogP contribution < -0.4 is 16.0 Å². The molecule has 1 atom stereocenters. The smallest absolute Gasteiger partial charge is 0.241 e. The maximum Gasteiger partial charge on any atom is 0.241 e. The number of aromatic nitrogens is 2. The Morgan fingerprint density at radius 2 is 2.43 bits per heavy atom. The number of carbonyl (C=O) groups excluding carboxylic acids is 2. The Morgan fingerprint density at radius 1 is 1.57 bits per heavy atom. The van der Waals surface area contributed by atoms with E-state index in [1.807, 2.05) is 0 Å². The van der Waals surface area contributed by atoms with Gasteiger partial charge in [-0.3, -0.25) is 14.3 Å². The Bertz CT molecular complexity index is 482. The van der Waals surface area contributed by atoms with Crippen molar-refractivity contribution in [3.05, 3.63) is 12.4 Å². The van der Waals surface area contributed by atoms with E-state index in [1.165, 1.54) is 10.9 Å². The number of rotatable bonds is 7. The van der Waals surface area contributed by atoms with E-state index in [1.54, 1.807) is 13.3 Å². The number of nitrogens with one attached hydrogen (secondary N) is 3. The SMILES string of the molecule is COCCNC(=O)Cn1cc(NC(=O)C2CCCN2)cn1. The number of methoxy groups -OCH3 is 1. The van der Waals surface area contributed by atoms with Crippen molar-refractivity contribution in [2.24, 2.45) is 0 Å². The van der Waals surface area contributed by atoms with E-state index >= 15 is 0 Å². The normalized spacial score (nSPS) is 17.7. The van der Waals surface area contributed by atoms with Gasteiger partial charge in [0.05, 0.1) is 24.5 Å². The molecule has 0 bridgehead atoms. The molecule has 8 nitrogen and oxygen atoms in total. The summed E-state index contributed by atoms with van der Waals surface area (Å²) in [6.07, 6.45) is 5.04. The van der Waals surface area contributed by atoms with Gasteiger partial charge in [0.2, 0.25) is 11.8 Å². The Kier molecular flexibility index (Phi) is 5.70. The first kappa shape index (κ1) is 15.5. The summed E-state index contributed by atoms with van der Waals surface area (Å²) >= 11 is 0. The maximum absolute atomic E-state index is 11.9. The van der Waals surface area contributed by atoms with Gasteiger partial charge in [-0.15, -0.1) is 0 Å². The minimum absolute atomic E-state index is 0.0587. The molecule has 0 spiro atoms. The van der Waals surface area contributed by atoms with Crippen LogP contribution >= 0.6 is 0 Å². The van der Waals surface area contributed by atoms with Crippen LogP contribution in [0.5, 0.6) is 0 Å². The van der Waals surface area contributed by atoms with Gasteiger partial charge in [-0.05, 0) is 19.4 Å². The summed E-state index contributed by atoms with van der Waals surface area (Å²) in [5.41, 5.74) is 0.596. The van der Waals surface area contributed by atoms with Crippen LogP contribution in [0.1, 0.15) is 12.8 Å². The molecule has 1 aliphatic rings. The highest BCUT2D eigenvalue weighted by atomic mass is 16.5. The number of carbonyl (C=O) groups is 2. The summed E-state index contributed by atoms with van der Waals surface area (Å²) in [5, 5.41) is 12.7. The van der Waals surface area contributed by atoms with Crippen molar-refractivity contribution in [1.82, 2.24) is 20.4 Å². The van der Waals surface area contributed by atoms with Crippen molar-refractivity contribution < 1.29 is 14.3 Å². The van der Waals surface area contributed by atoms with Gasteiger partial charge in [0, 0.05) is 19.9 Å². The summed E-state index contributed by atoms with van der Waals surface area (Å²) in [5.74, 6) is -0.206. The number of amides is 2. The molecule has 21 heavy (non-hydrogen) atoms. The Labute approximate surface area is 123 Å². The van der Waals surface area contributed by atoms with E-state index in [2.05, 4.69) is 21.0 Å². The van der Waals surface area contributed by atoms with Crippen LogP contribution in [-0.2, 0) is 20.9 Å². The largest absolute Gasteiger partial charge is 0.383 e. The Hall–Kier alpha value is -1.93. The lowest BCUT2D eigenvalue weighted by Crippen LogP contribution is -2.35. The van der Waals surface area contributed by atoms with Crippen LogP contribution in [0.3, 0.4) is 0 Å². The van der Waals surface area contributed by atoms with E-state index in [9.17, 15) is 9.59 Å². The van der Waals surface area contributed by atoms with Crippen LogP contribution in [0.25, 0.3) is 0 Å². The van der Waals surface area contributed by atoms with Crippen molar-refractivity contribution >= 4 is 17.5 Å². The number of hydrogen-bond donors (Lipinski definition) is 3. The average molecular weight is 295 g/mol. The van der Waals surface area contributed by atoms with E-state index in [0.29, 0.717) is 18.8 Å². The van der Waals surface area contributed by atoms with Crippen LogP contribution in [0.2, 0.25) is 0 Å². The molecule has 1 aromatic heterocycles. The minimum Gasteiger partial charge on any atom is -0.383 e. The lowest BCUT2D eigenvalue weighted by molar-refractivity contribution is -0.122. The van der Waals surface area contributed by atoms with Crippen molar-refractivity contribution in [3.63, 3.8) is 0 Å². The molecule has 1 aromatic rings. The Morgan fingerprint density at radius 3 is 3.14 bits per heavy atom. The van der Waals surface area contributed by atoms with Crippen molar-refractivity contribution in [3.8, 4) is 0 Å². The molecule has 116 valence electrons. The second-order valence-electron chi connectivity index (χ2n) is 4.91. The zero-order chi connectivity index (χ0) is 15.1. The van der Waals surface area contributed by atoms with Crippen molar-refractivity contribution in [1.29, 1.82) is 0 Å². The first-order chi connectivity index (χ1) is 10.2. The molecule has 2 rings (SSSR count). The number of anilines is 1. The molecular weight excluding hydrogens is 274 g/mol. The molecule has 8 heteroatoms. The van der Waals surface area contributed by atoms with Crippen molar-refractivity contribution in [2.75, 3.05) is 32.1 Å². The molecule has 1 fully saturated rings. The fourth-order valence-corrected chi connectivity index (χ4v) is 2.15. The monoisotopic (exact) mass is 295 g/mol. The van der Waals surface area contributed by atoms with Gasteiger partial charge in [0.25, 0.3) is 0 Å². The summed E-state index contributed by atoms with van der Waals surface area (Å²) < 4.78 is 6.33. The molecule has 0 aromatic carbocycles. The first-order valence-corrected chi connectivity index (χ1v) is 7.01. The van der Waals surface area contributed by atoms with Gasteiger partial charge in [-0.25, -0.2) is 0 Å². The molecule has 1 saturated heterocycles. The standard InChI is InChI=1S/C13H21N5O3/c1-21-6-5-15-12(19)9-18-8-10(7-16-18)17-13(20)11-3-2-4-14-11/h7-8,11,14H,2-6,9H2,1H3,(H,15,19)(H,17,20). The van der Waals surface area contributed by atoms with E-state index < -0.39 is 0 Å². The summed E-state index contributed by atoms with van der Waals surface area (Å²) in [4.78, 5) is 23.5. The molecule has 0 aliphatic carbocycles. The third-order valence-corrected chi connectivity index (χ3v) is 3.21. The molecule has 3 N–H and O–H groups in total. The highest BCUT2D eigenvalue weighted by Crippen LogP contribution is 2.10. The average Bonchev–Trinajstić information content (AvgIpc) is 3.10. The fraction of sp³-hybridized carbons (Fsp3) is 0.615. The van der Waals surface area contributed by atoms with Gasteiger partial charge < -0.3 is 20.7 Å². The minimum atomic E-state index is -0.148. The van der Waals surface area contributed by atoms with Gasteiger partial charge in [0.1, 0.15) is 6.54 Å². The molecule has 2 amide bonds. The summed E-state index contributed by atoms with van der Waals surface area (Å²) in [6.45, 7) is 1.92. The van der Waals surface area contributed by atoms with Gasteiger partial charge >= 0.3 is 0 Å². The van der Waals surface area contributed by atoms with Crippen LogP contribution in [0.15, 0.2) is 12.4 Å². The fourth-order valence-electron chi connectivity index (χ4n) is 2.15. The third kappa shape index (κ3) is 4.83. The predicted octanol–water partition coefficient (Wildman–Crippen LogP) is -0.664. The van der Waals surface area contributed by atoms with Gasteiger partial charge in [-0.2, -0.15) is 5.10 Å². The quantitative estimate of drug-likeness (QED) is 0.580. The molecular formula is C13H21N5O3. The Balaban J connectivity index is 1.78. The molecule has 0 radical (unpaired) electrons. The zero-order valence-electron chi connectivity index (χ0n) is 12.1. The molecule has 1 aliphatic heterocycles. The lowest BCUT2D eigenvalue weighted by Gasteiger charge is -2.09. The maximum atomic E-state index is 11.9. The second kappa shape index (κ2) is 7.75. The van der Waals surface area contributed by atoms with E-state index in [-0.39, 0.29) is 24.4 Å². The summed E-state index contributed by atoms with van der Waals surface area (Å²) in [7, 11) is 1.58. The van der Waals surface area contributed by atoms with Gasteiger partial charge in [-0.1, -0.05) is 0 Å². The first-order valence-electron chi connectivity index (χ1n) is 7.01. The third-order valence-electron chi connectivity index (χ3n) is 3.21. The second-order valence-corrected chi connectivity index (χ2v) is 4.91. The molecule has 1 unspecified atom stereocenters. The topological polar surface area (TPSA) is 97.3 Å². The van der Waals surface area contributed by atoms with E-state index in [4.69, 9.17) is 4.74 Å². The highest BCUT2D eigenvalue weighted by molar-refractivity contribution is 5.94. The molecule has 0 saturated carbocycles. The lowest BCUT2D eigenvalue weighted by atomic mass is 10.2. The zero-order valence-corrected chi connectivity index (χ0v) is 12.1. The van der Waals surface area contributed by atoms with Crippen molar-refractivity contribution in [2.45, 2.75) is 25.4 Å². The molecule has 2 heterocycles. The highest BCUT2D eigenvalue weighted by Gasteiger charge is 2.22.